The van der Waals surface area contributed by atoms with Crippen LogP contribution in [0.3, 0.4) is 0 Å². The summed E-state index contributed by atoms with van der Waals surface area (Å²) >= 11 is 0. The highest BCUT2D eigenvalue weighted by molar-refractivity contribution is 5.98. The van der Waals surface area contributed by atoms with Crippen molar-refractivity contribution in [2.45, 2.75) is 56.8 Å². The van der Waals surface area contributed by atoms with Crippen LogP contribution in [0, 0.1) is 0 Å². The molecule has 62 heavy (non-hydrogen) atoms. The van der Waals surface area contributed by atoms with E-state index in [4.69, 9.17) is 0 Å². The summed E-state index contributed by atoms with van der Waals surface area (Å²) in [4.78, 5) is 2.53. The van der Waals surface area contributed by atoms with Crippen LogP contribution in [0.25, 0.3) is 39.0 Å². The summed E-state index contributed by atoms with van der Waals surface area (Å²) in [5.74, 6) is 0. The minimum atomic E-state index is -0.493. The maximum atomic E-state index is 2.53. The predicted octanol–water partition coefficient (Wildman–Crippen LogP) is 15.9. The number of anilines is 3. The van der Waals surface area contributed by atoms with Gasteiger partial charge in [0.2, 0.25) is 0 Å². The first-order chi connectivity index (χ1) is 30.3. The fourth-order valence-corrected chi connectivity index (χ4v) is 11.9. The largest absolute Gasteiger partial charge is 0.310 e. The molecule has 0 heterocycles. The van der Waals surface area contributed by atoms with Crippen LogP contribution in [-0.2, 0) is 16.2 Å². The van der Waals surface area contributed by atoms with E-state index in [0.29, 0.717) is 0 Å². The molecule has 1 heteroatoms. The Labute approximate surface area is 366 Å². The van der Waals surface area contributed by atoms with Gasteiger partial charge in [0.05, 0.1) is 11.1 Å². The summed E-state index contributed by atoms with van der Waals surface area (Å²) in [5, 5.41) is 0. The SMILES string of the molecule is CC1(C)C2=C(CCC=C2)c2ccc(-c3ccc(N(c4ccc5c(c4)C(C)(C)c4ccccc4-5)c4cccc5c4-c4ccccc4C5(c4ccccc4)c4ccccc4)cc3)cc21. The van der Waals surface area contributed by atoms with Gasteiger partial charge in [0.15, 0.2) is 0 Å². The number of allylic oxidation sites excluding steroid dienone is 4. The number of nitrogens with zero attached hydrogens (tertiary/aromatic N) is 1. The van der Waals surface area contributed by atoms with Crippen molar-refractivity contribution >= 4 is 22.6 Å². The molecule has 0 spiro atoms. The molecule has 0 N–H and O–H groups in total. The summed E-state index contributed by atoms with van der Waals surface area (Å²) in [6, 6.07) is 71.0. The topological polar surface area (TPSA) is 3.24 Å². The zero-order chi connectivity index (χ0) is 41.8. The quantitative estimate of drug-likeness (QED) is 0.162. The van der Waals surface area contributed by atoms with Crippen LogP contribution in [0.1, 0.15) is 85.0 Å². The average Bonchev–Trinajstić information content (AvgIpc) is 3.85. The van der Waals surface area contributed by atoms with Crippen LogP contribution >= 0.6 is 0 Å². The van der Waals surface area contributed by atoms with E-state index in [0.717, 1.165) is 24.2 Å². The van der Waals surface area contributed by atoms with Crippen molar-refractivity contribution in [3.05, 3.63) is 250 Å². The van der Waals surface area contributed by atoms with Gasteiger partial charge in [-0.2, -0.15) is 0 Å². The molecule has 0 aromatic heterocycles. The summed E-state index contributed by atoms with van der Waals surface area (Å²) in [5.41, 5.74) is 24.3. The highest BCUT2D eigenvalue weighted by Gasteiger charge is 2.47. The maximum absolute atomic E-state index is 2.53. The molecule has 298 valence electrons. The molecule has 4 aliphatic rings. The molecule has 1 nitrogen and oxygen atoms in total. The minimum Gasteiger partial charge on any atom is -0.310 e. The van der Waals surface area contributed by atoms with Gasteiger partial charge in [-0.3, -0.25) is 0 Å². The summed E-state index contributed by atoms with van der Waals surface area (Å²) in [7, 11) is 0. The maximum Gasteiger partial charge on any atom is 0.0714 e. The van der Waals surface area contributed by atoms with Gasteiger partial charge in [0.25, 0.3) is 0 Å². The molecule has 0 bridgehead atoms. The monoisotopic (exact) mass is 795 g/mol. The van der Waals surface area contributed by atoms with Crippen LogP contribution in [-0.4, -0.2) is 0 Å². The Morgan fingerprint density at radius 2 is 1.00 bits per heavy atom. The normalized spacial score (nSPS) is 16.5. The highest BCUT2D eigenvalue weighted by Crippen LogP contribution is 2.60. The molecule has 0 fully saturated rings. The molecule has 4 aliphatic carbocycles. The lowest BCUT2D eigenvalue weighted by molar-refractivity contribution is 0.651. The van der Waals surface area contributed by atoms with Gasteiger partial charge in [0, 0.05) is 27.8 Å². The molecule has 8 aromatic rings. The number of hydrogen-bond donors (Lipinski definition) is 0. The van der Waals surface area contributed by atoms with Crippen LogP contribution in [0.2, 0.25) is 0 Å². The Bertz CT molecular complexity index is 3120. The lowest BCUT2D eigenvalue weighted by Crippen LogP contribution is -2.28. The van der Waals surface area contributed by atoms with Crippen molar-refractivity contribution in [1.29, 1.82) is 0 Å². The molecular formula is C61H49N. The van der Waals surface area contributed by atoms with E-state index in [9.17, 15) is 0 Å². The molecule has 0 saturated heterocycles. The van der Waals surface area contributed by atoms with E-state index < -0.39 is 5.41 Å². The van der Waals surface area contributed by atoms with Gasteiger partial charge >= 0.3 is 0 Å². The predicted molar refractivity (Wildman–Crippen MR) is 260 cm³/mol. The van der Waals surface area contributed by atoms with Gasteiger partial charge in [-0.25, -0.2) is 0 Å². The summed E-state index contributed by atoms with van der Waals surface area (Å²) in [6.07, 6.45) is 6.98. The molecule has 0 amide bonds. The lowest BCUT2D eigenvalue weighted by atomic mass is 9.68. The van der Waals surface area contributed by atoms with Crippen molar-refractivity contribution in [2.75, 3.05) is 4.90 Å². The minimum absolute atomic E-state index is 0.00591. The first-order valence-electron chi connectivity index (χ1n) is 22.3. The Balaban J connectivity index is 1.06. The standard InChI is InChI=1S/C61H49N/c1-59(2)51-25-14-11-22-46(51)48-36-32-41(38-55(48)59)40-30-33-44(34-31-40)62(45-35-37-49-47-23-12-15-26-52(47)60(3,4)56(49)39-45)57-29-17-28-54-58(57)50-24-13-16-27-53(50)61(54,42-18-7-5-8-19-42)43-20-9-6-10-21-43/h5-10,12-21,23-39H,11,22H2,1-4H3. The second-order valence-corrected chi connectivity index (χ2v) is 18.7. The van der Waals surface area contributed by atoms with Gasteiger partial charge < -0.3 is 4.90 Å². The van der Waals surface area contributed by atoms with Crippen molar-refractivity contribution < 1.29 is 0 Å². The highest BCUT2D eigenvalue weighted by atomic mass is 15.1. The van der Waals surface area contributed by atoms with Crippen LogP contribution in [0.5, 0.6) is 0 Å². The molecule has 8 aromatic carbocycles. The number of rotatable bonds is 6. The Morgan fingerprint density at radius 3 is 1.74 bits per heavy atom. The smallest absolute Gasteiger partial charge is 0.0714 e. The lowest BCUT2D eigenvalue weighted by Gasteiger charge is -2.34. The van der Waals surface area contributed by atoms with E-state index in [1.807, 2.05) is 0 Å². The average molecular weight is 796 g/mol. The third-order valence-electron chi connectivity index (χ3n) is 14.8. The van der Waals surface area contributed by atoms with Crippen molar-refractivity contribution in [1.82, 2.24) is 0 Å². The Hall–Kier alpha value is -6.96. The van der Waals surface area contributed by atoms with Crippen molar-refractivity contribution in [3.8, 4) is 33.4 Å². The third-order valence-corrected chi connectivity index (χ3v) is 14.8. The van der Waals surface area contributed by atoms with E-state index in [-0.39, 0.29) is 10.8 Å². The van der Waals surface area contributed by atoms with Crippen LogP contribution < -0.4 is 4.90 Å². The molecular weight excluding hydrogens is 747 g/mol. The number of benzene rings is 8. The molecule has 12 rings (SSSR count). The fraction of sp³-hybridized carbons (Fsp3) is 0.148. The first-order valence-corrected chi connectivity index (χ1v) is 22.3. The van der Waals surface area contributed by atoms with Crippen molar-refractivity contribution in [3.63, 3.8) is 0 Å². The zero-order valence-corrected chi connectivity index (χ0v) is 35.9. The summed E-state index contributed by atoms with van der Waals surface area (Å²) in [6.45, 7) is 9.55. The fourth-order valence-electron chi connectivity index (χ4n) is 11.9. The van der Waals surface area contributed by atoms with Crippen LogP contribution in [0.4, 0.5) is 17.1 Å². The Morgan fingerprint density at radius 1 is 0.419 bits per heavy atom. The third kappa shape index (κ3) is 5.09. The van der Waals surface area contributed by atoms with E-state index in [1.54, 1.807) is 0 Å². The number of fused-ring (bicyclic) bond motifs is 8. The van der Waals surface area contributed by atoms with E-state index >= 15 is 0 Å². The first kappa shape index (κ1) is 36.9. The second kappa shape index (κ2) is 13.5. The van der Waals surface area contributed by atoms with E-state index in [1.165, 1.54) is 94.7 Å². The molecule has 0 aliphatic heterocycles. The summed E-state index contributed by atoms with van der Waals surface area (Å²) < 4.78 is 0. The van der Waals surface area contributed by atoms with Crippen molar-refractivity contribution in [2.24, 2.45) is 0 Å². The van der Waals surface area contributed by atoms with Gasteiger partial charge in [-0.15, -0.1) is 0 Å². The van der Waals surface area contributed by atoms with Gasteiger partial charge in [0.1, 0.15) is 0 Å². The van der Waals surface area contributed by atoms with Crippen LogP contribution in [0.15, 0.2) is 206 Å². The van der Waals surface area contributed by atoms with Gasteiger partial charge in [-0.05, 0) is 133 Å². The van der Waals surface area contributed by atoms with Gasteiger partial charge in [-0.1, -0.05) is 192 Å². The zero-order valence-electron chi connectivity index (χ0n) is 35.9. The Kier molecular flexibility index (Phi) is 8.04. The molecule has 0 unspecified atom stereocenters. The molecule has 0 radical (unpaired) electrons. The molecule has 0 atom stereocenters. The van der Waals surface area contributed by atoms with E-state index in [2.05, 4.69) is 233 Å². The second-order valence-electron chi connectivity index (χ2n) is 18.7. The molecule has 0 saturated carbocycles. The number of hydrogen-bond acceptors (Lipinski definition) is 1.